The third-order valence-electron chi connectivity index (χ3n) is 3.74. The Kier molecular flexibility index (Phi) is 7.24. The fourth-order valence-electron chi connectivity index (χ4n) is 2.21. The van der Waals surface area contributed by atoms with Crippen molar-refractivity contribution in [3.8, 4) is 5.75 Å². The Morgan fingerprint density at radius 2 is 1.79 bits per heavy atom. The van der Waals surface area contributed by atoms with E-state index >= 15 is 0 Å². The number of ether oxygens (including phenoxy) is 2. The normalized spacial score (nSPS) is 11.6. The van der Waals surface area contributed by atoms with E-state index < -0.39 is 34.4 Å². The van der Waals surface area contributed by atoms with Crippen molar-refractivity contribution in [1.82, 2.24) is 0 Å². The van der Waals surface area contributed by atoms with Crippen molar-refractivity contribution in [2.45, 2.75) is 26.9 Å². The lowest BCUT2D eigenvalue weighted by atomic mass is 10.2. The van der Waals surface area contributed by atoms with Gasteiger partial charge in [0.05, 0.1) is 17.1 Å². The predicted molar refractivity (Wildman–Crippen MR) is 103 cm³/mol. The van der Waals surface area contributed by atoms with Gasteiger partial charge in [0.2, 0.25) is 5.82 Å². The van der Waals surface area contributed by atoms with E-state index in [-0.39, 0.29) is 11.3 Å². The lowest BCUT2D eigenvalue weighted by Crippen LogP contribution is -2.30. The van der Waals surface area contributed by atoms with Gasteiger partial charge in [-0.15, -0.1) is 0 Å². The number of anilines is 1. The Bertz CT molecular complexity index is 898. The summed E-state index contributed by atoms with van der Waals surface area (Å²) in [5.41, 5.74) is -0.524. The minimum absolute atomic E-state index is 0.0117. The summed E-state index contributed by atoms with van der Waals surface area (Å²) in [6, 6.07) is 9.22. The van der Waals surface area contributed by atoms with Crippen LogP contribution >= 0.6 is 0 Å². The summed E-state index contributed by atoms with van der Waals surface area (Å²) in [5, 5.41) is 13.1. The van der Waals surface area contributed by atoms with Crippen LogP contribution in [0.3, 0.4) is 0 Å². The molecule has 0 heterocycles. The number of amides is 1. The topological polar surface area (TPSA) is 108 Å². The fraction of sp³-hybridized carbons (Fsp3) is 0.300. The Labute approximate surface area is 166 Å². The molecule has 0 aliphatic rings. The highest BCUT2D eigenvalue weighted by Crippen LogP contribution is 2.22. The molecule has 8 nitrogen and oxygen atoms in total. The van der Waals surface area contributed by atoms with Crippen LogP contribution in [0.15, 0.2) is 42.5 Å². The monoisotopic (exact) mass is 404 g/mol. The molecule has 0 spiro atoms. The van der Waals surface area contributed by atoms with Crippen LogP contribution in [0.1, 0.15) is 31.1 Å². The van der Waals surface area contributed by atoms with E-state index in [0.29, 0.717) is 18.3 Å². The SMILES string of the molecule is CC(C)COc1ccc(C(=O)O[C@H](C)C(=O)Nc2ccc(F)c([N+](=O)[O-])c2)cc1. The van der Waals surface area contributed by atoms with Gasteiger partial charge in [0.15, 0.2) is 6.10 Å². The number of carbonyl (C=O) groups is 2. The smallest absolute Gasteiger partial charge is 0.338 e. The minimum Gasteiger partial charge on any atom is -0.493 e. The molecule has 1 amide bonds. The van der Waals surface area contributed by atoms with E-state index in [0.717, 1.165) is 12.1 Å². The number of rotatable bonds is 8. The van der Waals surface area contributed by atoms with Crippen molar-refractivity contribution in [1.29, 1.82) is 0 Å². The molecule has 0 bridgehead atoms. The number of nitrogens with zero attached hydrogens (tertiary/aromatic N) is 1. The molecule has 2 aromatic rings. The van der Waals surface area contributed by atoms with E-state index in [1.165, 1.54) is 25.1 Å². The molecule has 0 fully saturated rings. The second-order valence-electron chi connectivity index (χ2n) is 6.69. The van der Waals surface area contributed by atoms with Crippen LogP contribution in [0.4, 0.5) is 15.8 Å². The van der Waals surface area contributed by atoms with Gasteiger partial charge >= 0.3 is 11.7 Å². The summed E-state index contributed by atoms with van der Waals surface area (Å²) >= 11 is 0. The standard InChI is InChI=1S/C20H21FN2O6/c1-12(2)11-28-16-7-4-14(5-8-16)20(25)29-13(3)19(24)22-15-6-9-17(21)18(10-15)23(26)27/h4-10,12-13H,11H2,1-3H3,(H,22,24)/t13-/m1/s1. The average Bonchev–Trinajstić information content (AvgIpc) is 2.67. The molecule has 0 aliphatic heterocycles. The number of carbonyl (C=O) groups excluding carboxylic acids is 2. The van der Waals surface area contributed by atoms with Crippen LogP contribution in [-0.4, -0.2) is 29.5 Å². The summed E-state index contributed by atoms with van der Waals surface area (Å²) in [6.45, 7) is 5.93. The molecule has 0 radical (unpaired) electrons. The number of nitrogens with one attached hydrogen (secondary N) is 1. The molecule has 0 aliphatic carbocycles. The maximum absolute atomic E-state index is 13.4. The van der Waals surface area contributed by atoms with Crippen LogP contribution in [-0.2, 0) is 9.53 Å². The number of halogens is 1. The van der Waals surface area contributed by atoms with Gasteiger partial charge in [-0.25, -0.2) is 4.79 Å². The number of esters is 1. The lowest BCUT2D eigenvalue weighted by molar-refractivity contribution is -0.387. The van der Waals surface area contributed by atoms with Gasteiger partial charge in [0.1, 0.15) is 5.75 Å². The Hall–Kier alpha value is -3.49. The van der Waals surface area contributed by atoms with Gasteiger partial charge in [-0.2, -0.15) is 4.39 Å². The largest absolute Gasteiger partial charge is 0.493 e. The minimum atomic E-state index is -1.18. The number of benzene rings is 2. The van der Waals surface area contributed by atoms with Crippen LogP contribution in [0.5, 0.6) is 5.75 Å². The van der Waals surface area contributed by atoms with Crippen molar-refractivity contribution in [3.63, 3.8) is 0 Å². The van der Waals surface area contributed by atoms with Crippen LogP contribution in [0.2, 0.25) is 0 Å². The summed E-state index contributed by atoms with van der Waals surface area (Å²) in [4.78, 5) is 34.2. The lowest BCUT2D eigenvalue weighted by Gasteiger charge is -2.14. The number of nitro groups is 1. The quantitative estimate of drug-likeness (QED) is 0.405. The van der Waals surface area contributed by atoms with E-state index in [2.05, 4.69) is 5.32 Å². The Morgan fingerprint density at radius 3 is 2.38 bits per heavy atom. The summed E-state index contributed by atoms with van der Waals surface area (Å²) < 4.78 is 24.0. The zero-order valence-electron chi connectivity index (χ0n) is 16.2. The second-order valence-corrected chi connectivity index (χ2v) is 6.69. The number of nitro benzene ring substituents is 1. The van der Waals surface area contributed by atoms with E-state index in [4.69, 9.17) is 9.47 Å². The third kappa shape index (κ3) is 6.27. The first-order valence-corrected chi connectivity index (χ1v) is 8.86. The number of hydrogen-bond acceptors (Lipinski definition) is 6. The van der Waals surface area contributed by atoms with Gasteiger partial charge in [-0.3, -0.25) is 14.9 Å². The van der Waals surface area contributed by atoms with Crippen molar-refractivity contribution in [2.24, 2.45) is 5.92 Å². The maximum Gasteiger partial charge on any atom is 0.338 e. The third-order valence-corrected chi connectivity index (χ3v) is 3.74. The van der Waals surface area contributed by atoms with Crippen LogP contribution in [0.25, 0.3) is 0 Å². The molecular formula is C20H21FN2O6. The molecule has 29 heavy (non-hydrogen) atoms. The van der Waals surface area contributed by atoms with Crippen molar-refractivity contribution in [3.05, 3.63) is 64.0 Å². The highest BCUT2D eigenvalue weighted by Gasteiger charge is 2.21. The van der Waals surface area contributed by atoms with Gasteiger partial charge in [-0.1, -0.05) is 13.8 Å². The van der Waals surface area contributed by atoms with Crippen LogP contribution < -0.4 is 10.1 Å². The molecule has 154 valence electrons. The molecular weight excluding hydrogens is 383 g/mol. The summed E-state index contributed by atoms with van der Waals surface area (Å²) in [6.07, 6.45) is -1.18. The van der Waals surface area contributed by atoms with Crippen molar-refractivity contribution >= 4 is 23.3 Å². The first-order valence-electron chi connectivity index (χ1n) is 8.86. The second kappa shape index (κ2) is 9.63. The zero-order valence-corrected chi connectivity index (χ0v) is 16.2. The summed E-state index contributed by atoms with van der Waals surface area (Å²) in [5.74, 6) is -1.47. The van der Waals surface area contributed by atoms with Gasteiger partial charge in [0.25, 0.3) is 5.91 Å². The predicted octanol–water partition coefficient (Wildman–Crippen LogP) is 3.95. The van der Waals surface area contributed by atoms with E-state index in [1.54, 1.807) is 12.1 Å². The molecule has 0 saturated heterocycles. The fourth-order valence-corrected chi connectivity index (χ4v) is 2.21. The van der Waals surface area contributed by atoms with E-state index in [9.17, 15) is 24.1 Å². The zero-order chi connectivity index (χ0) is 21.6. The maximum atomic E-state index is 13.4. The van der Waals surface area contributed by atoms with Gasteiger partial charge < -0.3 is 14.8 Å². The first kappa shape index (κ1) is 21.8. The van der Waals surface area contributed by atoms with Gasteiger partial charge in [0, 0.05) is 11.8 Å². The van der Waals surface area contributed by atoms with E-state index in [1.807, 2.05) is 13.8 Å². The molecule has 0 unspecified atom stereocenters. The highest BCUT2D eigenvalue weighted by atomic mass is 19.1. The van der Waals surface area contributed by atoms with Gasteiger partial charge in [-0.05, 0) is 49.2 Å². The Balaban J connectivity index is 1.96. The average molecular weight is 404 g/mol. The Morgan fingerprint density at radius 1 is 1.14 bits per heavy atom. The van der Waals surface area contributed by atoms with Crippen molar-refractivity contribution < 1.29 is 28.4 Å². The molecule has 1 N–H and O–H groups in total. The molecule has 2 rings (SSSR count). The summed E-state index contributed by atoms with van der Waals surface area (Å²) in [7, 11) is 0. The molecule has 0 aromatic heterocycles. The number of hydrogen-bond donors (Lipinski definition) is 1. The first-order chi connectivity index (χ1) is 13.7. The molecule has 1 atom stereocenters. The van der Waals surface area contributed by atoms with Crippen LogP contribution in [0, 0.1) is 21.8 Å². The molecule has 9 heteroatoms. The highest BCUT2D eigenvalue weighted by molar-refractivity contribution is 5.97. The van der Waals surface area contributed by atoms with Crippen molar-refractivity contribution in [2.75, 3.05) is 11.9 Å². The molecule has 0 saturated carbocycles. The molecule has 2 aromatic carbocycles.